The summed E-state index contributed by atoms with van der Waals surface area (Å²) in [6.45, 7) is 2.72. The molecule has 0 fully saturated rings. The van der Waals surface area contributed by atoms with E-state index in [0.717, 1.165) is 29.0 Å². The van der Waals surface area contributed by atoms with Gasteiger partial charge in [0.25, 0.3) is 5.91 Å². The van der Waals surface area contributed by atoms with Crippen LogP contribution in [0.1, 0.15) is 28.7 Å². The molecule has 0 radical (unpaired) electrons. The average molecular weight is 322 g/mol. The first-order valence-corrected chi connectivity index (χ1v) is 8.10. The first-order chi connectivity index (χ1) is 11.6. The molecule has 0 aliphatic rings. The van der Waals surface area contributed by atoms with Gasteiger partial charge in [0, 0.05) is 18.4 Å². The molecule has 5 heteroatoms. The molecule has 0 spiro atoms. The van der Waals surface area contributed by atoms with Gasteiger partial charge in [0.15, 0.2) is 5.69 Å². The Morgan fingerprint density at radius 3 is 2.67 bits per heavy atom. The highest BCUT2D eigenvalue weighted by Crippen LogP contribution is 2.19. The molecule has 3 rings (SSSR count). The van der Waals surface area contributed by atoms with Crippen molar-refractivity contribution in [2.24, 2.45) is 0 Å². The number of nitrogens with one attached hydrogen (secondary N) is 1. The van der Waals surface area contributed by atoms with E-state index in [1.165, 1.54) is 0 Å². The molecular weight excluding hydrogens is 300 g/mol. The smallest absolute Gasteiger partial charge is 0.276 e. The van der Waals surface area contributed by atoms with Gasteiger partial charge in [0.2, 0.25) is 0 Å². The van der Waals surface area contributed by atoms with E-state index in [0.29, 0.717) is 12.2 Å². The molecule has 0 aliphatic heterocycles. The van der Waals surface area contributed by atoms with Crippen LogP contribution in [0.15, 0.2) is 48.7 Å². The average Bonchev–Trinajstić information content (AvgIpc) is 2.93. The zero-order valence-corrected chi connectivity index (χ0v) is 14.3. The van der Waals surface area contributed by atoms with Crippen molar-refractivity contribution in [3.63, 3.8) is 0 Å². The molecule has 3 aromatic rings. The first-order valence-electron chi connectivity index (χ1n) is 8.10. The number of carbonyl (C=O) groups is 1. The number of hydrogen-bond donors (Lipinski definition) is 1. The molecule has 0 saturated carbocycles. The van der Waals surface area contributed by atoms with Gasteiger partial charge in [-0.2, -0.15) is 0 Å². The molecule has 0 unspecified atom stereocenters. The van der Waals surface area contributed by atoms with Gasteiger partial charge in [-0.15, -0.1) is 0 Å². The maximum atomic E-state index is 12.8. The molecular formula is C19H22N4O. The third kappa shape index (κ3) is 3.16. The highest BCUT2D eigenvalue weighted by atomic mass is 16.1. The van der Waals surface area contributed by atoms with Crippen LogP contribution >= 0.6 is 0 Å². The van der Waals surface area contributed by atoms with Crippen molar-refractivity contribution in [1.29, 1.82) is 0 Å². The Morgan fingerprint density at radius 2 is 1.92 bits per heavy atom. The summed E-state index contributed by atoms with van der Waals surface area (Å²) in [5.74, 6) is -0.170. The van der Waals surface area contributed by atoms with Crippen molar-refractivity contribution in [3.8, 4) is 0 Å². The summed E-state index contributed by atoms with van der Waals surface area (Å²) in [4.78, 5) is 19.4. The molecule has 2 heterocycles. The SMILES string of the molecule is CCc1ccccc1NC(=O)c1nc2ccccn2c1CN(C)C. The fourth-order valence-electron chi connectivity index (χ4n) is 2.81. The number of fused-ring (bicyclic) bond motifs is 1. The summed E-state index contributed by atoms with van der Waals surface area (Å²) in [6, 6.07) is 13.7. The predicted octanol–water partition coefficient (Wildman–Crippen LogP) is 3.21. The lowest BCUT2D eigenvalue weighted by Crippen LogP contribution is -2.19. The topological polar surface area (TPSA) is 49.6 Å². The summed E-state index contributed by atoms with van der Waals surface area (Å²) in [7, 11) is 3.97. The number of amides is 1. The van der Waals surface area contributed by atoms with Crippen molar-refractivity contribution in [3.05, 3.63) is 65.6 Å². The molecule has 1 amide bonds. The van der Waals surface area contributed by atoms with E-state index in [4.69, 9.17) is 0 Å². The van der Waals surface area contributed by atoms with Gasteiger partial charge >= 0.3 is 0 Å². The highest BCUT2D eigenvalue weighted by molar-refractivity contribution is 6.04. The molecule has 0 atom stereocenters. The number of carbonyl (C=O) groups excluding carboxylic acids is 1. The maximum absolute atomic E-state index is 12.8. The van der Waals surface area contributed by atoms with E-state index in [1.54, 1.807) is 0 Å². The van der Waals surface area contributed by atoms with Crippen molar-refractivity contribution in [2.75, 3.05) is 19.4 Å². The number of benzene rings is 1. The van der Waals surface area contributed by atoms with Crippen LogP contribution in [0, 0.1) is 0 Å². The van der Waals surface area contributed by atoms with Crippen LogP contribution in [0.2, 0.25) is 0 Å². The third-order valence-electron chi connectivity index (χ3n) is 3.96. The van der Waals surface area contributed by atoms with E-state index >= 15 is 0 Å². The number of anilines is 1. The molecule has 0 saturated heterocycles. The van der Waals surface area contributed by atoms with Crippen molar-refractivity contribution >= 4 is 17.2 Å². The lowest BCUT2D eigenvalue weighted by molar-refractivity contribution is 0.102. The minimum atomic E-state index is -0.170. The third-order valence-corrected chi connectivity index (χ3v) is 3.96. The molecule has 1 N–H and O–H groups in total. The number of imidazole rings is 1. The van der Waals surface area contributed by atoms with Gasteiger partial charge in [-0.3, -0.25) is 4.79 Å². The second kappa shape index (κ2) is 6.84. The molecule has 1 aromatic carbocycles. The van der Waals surface area contributed by atoms with Gasteiger partial charge < -0.3 is 14.6 Å². The van der Waals surface area contributed by atoms with Crippen LogP contribution in [-0.4, -0.2) is 34.3 Å². The molecule has 2 aromatic heterocycles. The van der Waals surface area contributed by atoms with Crippen LogP contribution < -0.4 is 5.32 Å². The van der Waals surface area contributed by atoms with Crippen molar-refractivity contribution < 1.29 is 4.79 Å². The van der Waals surface area contributed by atoms with Crippen LogP contribution in [0.5, 0.6) is 0 Å². The van der Waals surface area contributed by atoms with Crippen LogP contribution in [0.25, 0.3) is 5.65 Å². The monoisotopic (exact) mass is 322 g/mol. The Labute approximate surface area is 141 Å². The van der Waals surface area contributed by atoms with E-state index in [-0.39, 0.29) is 5.91 Å². The van der Waals surface area contributed by atoms with Crippen molar-refractivity contribution in [2.45, 2.75) is 19.9 Å². The van der Waals surface area contributed by atoms with Crippen LogP contribution in [-0.2, 0) is 13.0 Å². The number of nitrogens with zero attached hydrogens (tertiary/aromatic N) is 3. The minimum Gasteiger partial charge on any atom is -0.320 e. The molecule has 5 nitrogen and oxygen atoms in total. The summed E-state index contributed by atoms with van der Waals surface area (Å²) >= 11 is 0. The number of rotatable bonds is 5. The van der Waals surface area contributed by atoms with E-state index in [2.05, 4.69) is 17.2 Å². The number of aryl methyl sites for hydroxylation is 1. The zero-order chi connectivity index (χ0) is 17.1. The quantitative estimate of drug-likeness (QED) is 0.785. The van der Waals surface area contributed by atoms with E-state index in [1.807, 2.05) is 72.1 Å². The normalized spacial score (nSPS) is 11.2. The Hall–Kier alpha value is -2.66. The molecule has 24 heavy (non-hydrogen) atoms. The lowest BCUT2D eigenvalue weighted by atomic mass is 10.1. The van der Waals surface area contributed by atoms with Gasteiger partial charge in [-0.25, -0.2) is 4.98 Å². The number of aromatic nitrogens is 2. The fraction of sp³-hybridized carbons (Fsp3) is 0.263. The lowest BCUT2D eigenvalue weighted by Gasteiger charge is -2.12. The molecule has 124 valence electrons. The van der Waals surface area contributed by atoms with Gasteiger partial charge in [-0.1, -0.05) is 31.2 Å². The number of para-hydroxylation sites is 1. The summed E-state index contributed by atoms with van der Waals surface area (Å²) < 4.78 is 1.97. The first kappa shape index (κ1) is 16.2. The Bertz CT molecular complexity index is 867. The maximum Gasteiger partial charge on any atom is 0.276 e. The summed E-state index contributed by atoms with van der Waals surface area (Å²) in [6.07, 6.45) is 2.81. The Kier molecular flexibility index (Phi) is 4.62. The Balaban J connectivity index is 2.00. The second-order valence-electron chi connectivity index (χ2n) is 6.04. The van der Waals surface area contributed by atoms with E-state index < -0.39 is 0 Å². The fourth-order valence-corrected chi connectivity index (χ4v) is 2.81. The minimum absolute atomic E-state index is 0.170. The van der Waals surface area contributed by atoms with Gasteiger partial charge in [0.1, 0.15) is 5.65 Å². The zero-order valence-electron chi connectivity index (χ0n) is 14.3. The standard InChI is InChI=1S/C19H22N4O/c1-4-14-9-5-6-10-15(14)20-19(24)18-16(13-22(2)3)23-12-8-7-11-17(23)21-18/h5-12H,4,13H2,1-3H3,(H,20,24). The molecule has 0 bridgehead atoms. The van der Waals surface area contributed by atoms with Gasteiger partial charge in [-0.05, 0) is 44.3 Å². The predicted molar refractivity (Wildman–Crippen MR) is 96.4 cm³/mol. The number of hydrogen-bond acceptors (Lipinski definition) is 3. The summed E-state index contributed by atoms with van der Waals surface area (Å²) in [5.41, 5.74) is 4.10. The largest absolute Gasteiger partial charge is 0.320 e. The van der Waals surface area contributed by atoms with Crippen LogP contribution in [0.4, 0.5) is 5.69 Å². The van der Waals surface area contributed by atoms with E-state index in [9.17, 15) is 4.79 Å². The summed E-state index contributed by atoms with van der Waals surface area (Å²) in [5, 5.41) is 3.02. The highest BCUT2D eigenvalue weighted by Gasteiger charge is 2.19. The second-order valence-corrected chi connectivity index (χ2v) is 6.04. The van der Waals surface area contributed by atoms with Gasteiger partial charge in [0.05, 0.1) is 5.69 Å². The van der Waals surface area contributed by atoms with Crippen molar-refractivity contribution in [1.82, 2.24) is 14.3 Å². The Morgan fingerprint density at radius 1 is 1.17 bits per heavy atom. The number of pyridine rings is 1. The molecule has 0 aliphatic carbocycles. The van der Waals surface area contributed by atoms with Crippen LogP contribution in [0.3, 0.4) is 0 Å².